The lowest BCUT2D eigenvalue weighted by molar-refractivity contribution is 0.483. The van der Waals surface area contributed by atoms with Gasteiger partial charge in [0.1, 0.15) is 17.6 Å². The molecule has 0 radical (unpaired) electrons. The second-order valence-electron chi connectivity index (χ2n) is 5.17. The van der Waals surface area contributed by atoms with Gasteiger partial charge < -0.3 is 4.74 Å². The van der Waals surface area contributed by atoms with Gasteiger partial charge in [0, 0.05) is 20.2 Å². The number of rotatable bonds is 4. The van der Waals surface area contributed by atoms with Gasteiger partial charge in [0.25, 0.3) is 0 Å². The molecule has 0 saturated heterocycles. The predicted molar refractivity (Wildman–Crippen MR) is 89.0 cm³/mol. The Hall–Kier alpha value is -2.89. The van der Waals surface area contributed by atoms with Gasteiger partial charge in [-0.2, -0.15) is 22.0 Å². The molecule has 0 bridgehead atoms. The number of fused-ring (bicyclic) bond motifs is 1. The van der Waals surface area contributed by atoms with E-state index in [9.17, 15) is 13.7 Å². The summed E-state index contributed by atoms with van der Waals surface area (Å²) in [4.78, 5) is 4.10. The molecule has 2 aromatic carbocycles. The van der Waals surface area contributed by atoms with Crippen LogP contribution in [-0.4, -0.2) is 35.8 Å². The van der Waals surface area contributed by atoms with Gasteiger partial charge in [-0.3, -0.25) is 0 Å². The van der Waals surface area contributed by atoms with E-state index in [1.807, 2.05) is 24.3 Å². The molecule has 0 spiro atoms. The van der Waals surface area contributed by atoms with Gasteiger partial charge in [0.15, 0.2) is 0 Å². The summed E-state index contributed by atoms with van der Waals surface area (Å²) in [5.74, 6) is 0.957. The van der Waals surface area contributed by atoms with Crippen LogP contribution in [0.2, 0.25) is 0 Å². The Bertz CT molecular complexity index is 1030. The van der Waals surface area contributed by atoms with Crippen molar-refractivity contribution in [3.05, 3.63) is 54.4 Å². The second kappa shape index (κ2) is 5.96. The van der Waals surface area contributed by atoms with E-state index in [1.54, 1.807) is 30.3 Å². The Morgan fingerprint density at radius 2 is 1.83 bits per heavy atom. The monoisotopic (exact) mass is 342 g/mol. The molecule has 0 saturated carbocycles. The zero-order chi connectivity index (χ0) is 17.3. The minimum Gasteiger partial charge on any atom is -0.457 e. The minimum atomic E-state index is -3.85. The molecule has 0 atom stereocenters. The summed E-state index contributed by atoms with van der Waals surface area (Å²) in [5, 5.41) is 9.22. The first-order chi connectivity index (χ1) is 11.4. The fourth-order valence-corrected chi connectivity index (χ4v) is 3.22. The van der Waals surface area contributed by atoms with Crippen molar-refractivity contribution in [3.63, 3.8) is 0 Å². The van der Waals surface area contributed by atoms with Gasteiger partial charge in [-0.1, -0.05) is 18.2 Å². The number of hydrogen-bond acceptors (Lipinski definition) is 5. The summed E-state index contributed by atoms with van der Waals surface area (Å²) in [6.45, 7) is 0. The third kappa shape index (κ3) is 2.71. The summed E-state index contributed by atoms with van der Waals surface area (Å²) < 4.78 is 32.5. The van der Waals surface area contributed by atoms with E-state index >= 15 is 0 Å². The molecule has 0 unspecified atom stereocenters. The quantitative estimate of drug-likeness (QED) is 0.726. The van der Waals surface area contributed by atoms with E-state index < -0.39 is 10.2 Å². The summed E-state index contributed by atoms with van der Waals surface area (Å²) >= 11 is 0. The molecule has 0 amide bonds. The van der Waals surface area contributed by atoms with Crippen LogP contribution in [0.15, 0.2) is 48.5 Å². The molecular formula is C16H14N4O3S. The largest absolute Gasteiger partial charge is 0.457 e. The number of nitriles is 1. The minimum absolute atomic E-state index is 0.199. The summed E-state index contributed by atoms with van der Waals surface area (Å²) in [7, 11) is -1.05. The highest BCUT2D eigenvalue weighted by atomic mass is 32.2. The van der Waals surface area contributed by atoms with E-state index in [2.05, 4.69) is 4.98 Å². The molecule has 3 rings (SSSR count). The number of imidazole rings is 1. The maximum Gasteiger partial charge on any atom is 0.309 e. The van der Waals surface area contributed by atoms with E-state index in [1.165, 1.54) is 14.1 Å². The predicted octanol–water partition coefficient (Wildman–Crippen LogP) is 2.35. The molecule has 7 nitrogen and oxygen atoms in total. The lowest BCUT2D eigenvalue weighted by Gasteiger charge is -2.13. The molecule has 0 aliphatic heterocycles. The van der Waals surface area contributed by atoms with E-state index in [0.29, 0.717) is 22.5 Å². The lowest BCUT2D eigenvalue weighted by Crippen LogP contribution is -2.29. The molecule has 0 aliphatic rings. The van der Waals surface area contributed by atoms with Crippen molar-refractivity contribution in [2.45, 2.75) is 0 Å². The van der Waals surface area contributed by atoms with Crippen LogP contribution in [0, 0.1) is 11.3 Å². The van der Waals surface area contributed by atoms with E-state index in [4.69, 9.17) is 4.74 Å². The Labute approximate surface area is 139 Å². The maximum absolute atomic E-state index is 12.4. The first-order valence-corrected chi connectivity index (χ1v) is 8.41. The number of para-hydroxylation sites is 1. The van der Waals surface area contributed by atoms with Crippen LogP contribution in [0.25, 0.3) is 11.0 Å². The van der Waals surface area contributed by atoms with E-state index in [-0.39, 0.29) is 5.82 Å². The van der Waals surface area contributed by atoms with Crippen molar-refractivity contribution < 1.29 is 13.2 Å². The van der Waals surface area contributed by atoms with Gasteiger partial charge in [0.2, 0.25) is 5.82 Å². The summed E-state index contributed by atoms with van der Waals surface area (Å²) in [6, 6.07) is 15.8. The summed E-state index contributed by atoms with van der Waals surface area (Å²) in [5.41, 5.74) is 0.686. The molecule has 24 heavy (non-hydrogen) atoms. The molecule has 0 fully saturated rings. The van der Waals surface area contributed by atoms with Crippen LogP contribution in [0.4, 0.5) is 0 Å². The normalized spacial score (nSPS) is 11.6. The third-order valence-electron chi connectivity index (χ3n) is 3.36. The molecule has 0 aliphatic carbocycles. The van der Waals surface area contributed by atoms with Gasteiger partial charge in [-0.25, -0.2) is 4.98 Å². The highest BCUT2D eigenvalue weighted by molar-refractivity contribution is 7.87. The van der Waals surface area contributed by atoms with Crippen molar-refractivity contribution in [1.82, 2.24) is 13.3 Å². The number of ether oxygens (including phenoxy) is 1. The van der Waals surface area contributed by atoms with Crippen molar-refractivity contribution >= 4 is 21.2 Å². The Kier molecular flexibility index (Phi) is 3.97. The van der Waals surface area contributed by atoms with Crippen LogP contribution in [0.5, 0.6) is 11.5 Å². The van der Waals surface area contributed by atoms with E-state index in [0.717, 1.165) is 8.28 Å². The highest BCUT2D eigenvalue weighted by Crippen LogP contribution is 2.27. The molecule has 3 aromatic rings. The summed E-state index contributed by atoms with van der Waals surface area (Å²) in [6.07, 6.45) is 0. The number of hydrogen-bond donors (Lipinski definition) is 0. The second-order valence-corrected chi connectivity index (χ2v) is 7.16. The van der Waals surface area contributed by atoms with Gasteiger partial charge in [-0.05, 0) is 24.3 Å². The van der Waals surface area contributed by atoms with Crippen LogP contribution >= 0.6 is 0 Å². The Balaban J connectivity index is 2.12. The van der Waals surface area contributed by atoms with Crippen molar-refractivity contribution in [2.75, 3.05) is 14.1 Å². The number of nitrogens with zero attached hydrogens (tertiary/aromatic N) is 4. The molecule has 8 heteroatoms. The Morgan fingerprint density at radius 3 is 2.46 bits per heavy atom. The average Bonchev–Trinajstić information content (AvgIpc) is 2.94. The first kappa shape index (κ1) is 16.0. The van der Waals surface area contributed by atoms with Crippen LogP contribution in [0.3, 0.4) is 0 Å². The van der Waals surface area contributed by atoms with Gasteiger partial charge >= 0.3 is 10.2 Å². The Morgan fingerprint density at radius 1 is 1.12 bits per heavy atom. The zero-order valence-corrected chi connectivity index (χ0v) is 13.9. The highest BCUT2D eigenvalue weighted by Gasteiger charge is 2.24. The van der Waals surface area contributed by atoms with Gasteiger partial charge in [0.05, 0.1) is 11.0 Å². The molecule has 122 valence electrons. The lowest BCUT2D eigenvalue weighted by atomic mass is 10.3. The fourth-order valence-electron chi connectivity index (χ4n) is 2.19. The number of benzene rings is 2. The van der Waals surface area contributed by atoms with Crippen LogP contribution < -0.4 is 4.74 Å². The van der Waals surface area contributed by atoms with Gasteiger partial charge in [-0.15, -0.1) is 0 Å². The maximum atomic E-state index is 12.4. The SMILES string of the molecule is CN(C)S(=O)(=O)n1c(C#N)nc2cc(Oc3ccccc3)ccc21. The molecule has 1 heterocycles. The first-order valence-electron chi connectivity index (χ1n) is 7.02. The number of aromatic nitrogens is 2. The zero-order valence-electron chi connectivity index (χ0n) is 13.0. The smallest absolute Gasteiger partial charge is 0.309 e. The third-order valence-corrected chi connectivity index (χ3v) is 5.11. The van der Waals surface area contributed by atoms with Crippen molar-refractivity contribution in [1.29, 1.82) is 5.26 Å². The van der Waals surface area contributed by atoms with Crippen LogP contribution in [-0.2, 0) is 10.2 Å². The van der Waals surface area contributed by atoms with Crippen LogP contribution in [0.1, 0.15) is 5.82 Å². The topological polar surface area (TPSA) is 88.2 Å². The van der Waals surface area contributed by atoms with Crippen molar-refractivity contribution in [2.24, 2.45) is 0 Å². The molecule has 0 N–H and O–H groups in total. The van der Waals surface area contributed by atoms with Crippen molar-refractivity contribution in [3.8, 4) is 17.6 Å². The fraction of sp³-hybridized carbons (Fsp3) is 0.125. The average molecular weight is 342 g/mol. The standard InChI is InChI=1S/C16H14N4O3S/c1-19(2)24(21,22)20-15-9-8-13(10-14(15)18-16(20)11-17)23-12-6-4-3-5-7-12/h3-10H,1-2H3. The molecule has 1 aromatic heterocycles. The molecular weight excluding hydrogens is 328 g/mol.